The van der Waals surface area contributed by atoms with Gasteiger partial charge >= 0.3 is 12.4 Å². The molecule has 7 aromatic rings. The minimum atomic E-state index is -4.70. The fraction of sp³-hybridized carbons (Fsp3) is 0.236. The first kappa shape index (κ1) is 42.8. The Bertz CT molecular complexity index is 2770. The summed E-state index contributed by atoms with van der Waals surface area (Å²) in [6, 6.07) is 41.1. The number of halogens is 6. The molecule has 0 N–H and O–H groups in total. The number of alkyl halides is 6. The van der Waals surface area contributed by atoms with Crippen LogP contribution in [-0.2, 0) is 29.6 Å². The number of benzene rings is 7. The molecular weight excluding hydrogens is 821 g/mol. The molecule has 64 heavy (non-hydrogen) atoms. The van der Waals surface area contributed by atoms with E-state index in [0.717, 1.165) is 45.7 Å². The minimum absolute atomic E-state index is 0.270. The van der Waals surface area contributed by atoms with E-state index in [-0.39, 0.29) is 11.1 Å². The maximum Gasteiger partial charge on any atom is 0.416 e. The van der Waals surface area contributed by atoms with Gasteiger partial charge in [0.2, 0.25) is 0 Å². The Morgan fingerprint density at radius 2 is 0.922 bits per heavy atom. The predicted octanol–water partition coefficient (Wildman–Crippen LogP) is 17.1. The average molecular weight is 868 g/mol. The monoisotopic (exact) mass is 867 g/mol. The molecule has 1 atom stereocenters. The Labute approximate surface area is 369 Å². The average Bonchev–Trinajstić information content (AvgIpc) is 3.24. The van der Waals surface area contributed by atoms with Gasteiger partial charge in [-0.15, -0.1) is 0 Å². The molecule has 2 aliphatic rings. The van der Waals surface area contributed by atoms with Crippen molar-refractivity contribution in [3.63, 3.8) is 0 Å². The summed E-state index contributed by atoms with van der Waals surface area (Å²) in [5.74, 6) is 1.89. The van der Waals surface area contributed by atoms with Gasteiger partial charge in [0.25, 0.3) is 0 Å². The maximum atomic E-state index is 15.0. The zero-order valence-corrected chi connectivity index (χ0v) is 36.4. The standard InChI is InChI=1S/C55H47F6NO2/c1-52(2,3)49-46(34-18-15-20-36(31-34)54(56,57)58)51(62-40-23-9-13-27-44(40)64-45-28-14-10-24-41(45)62)47(35-19-16-21-37(32-35)55(59,60)61)50(53(4,5)6)48(49)39-30-29-33-17-7-11-25-42(33)63-43-26-12-8-22-38(39)43/h7-28,31-32,39H,29-30H2,1-6H3. The molecule has 9 rings (SSSR count). The van der Waals surface area contributed by atoms with Gasteiger partial charge in [-0.3, -0.25) is 0 Å². The van der Waals surface area contributed by atoms with E-state index in [2.05, 4.69) is 41.5 Å². The Hall–Kier alpha value is -6.48. The van der Waals surface area contributed by atoms with Crippen molar-refractivity contribution < 1.29 is 35.8 Å². The minimum Gasteiger partial charge on any atom is -0.457 e. The molecular formula is C55H47F6NO2. The molecule has 0 fully saturated rings. The fourth-order valence-corrected chi connectivity index (χ4v) is 9.64. The molecule has 0 radical (unpaired) electrons. The lowest BCUT2D eigenvalue weighted by Crippen LogP contribution is -2.29. The lowest BCUT2D eigenvalue weighted by molar-refractivity contribution is -0.138. The van der Waals surface area contributed by atoms with Gasteiger partial charge in [0.15, 0.2) is 11.5 Å². The van der Waals surface area contributed by atoms with Crippen LogP contribution < -0.4 is 14.4 Å². The Morgan fingerprint density at radius 3 is 1.42 bits per heavy atom. The van der Waals surface area contributed by atoms with Crippen LogP contribution in [0.5, 0.6) is 23.0 Å². The van der Waals surface area contributed by atoms with Crippen molar-refractivity contribution in [3.05, 3.63) is 185 Å². The SMILES string of the molecule is CC(C)(C)c1c(-c2cccc(C(F)(F)F)c2)c(N2c3ccccc3Oc3ccccc32)c(-c2cccc(C(F)(F)F)c2)c(C(C)(C)C)c1C1CCc2ccccc2Oc2ccccc21. The highest BCUT2D eigenvalue weighted by molar-refractivity contribution is 6.04. The molecule has 1 unspecified atom stereocenters. The summed E-state index contributed by atoms with van der Waals surface area (Å²) in [4.78, 5) is 1.99. The van der Waals surface area contributed by atoms with Crippen molar-refractivity contribution in [2.45, 2.75) is 83.5 Å². The van der Waals surface area contributed by atoms with Crippen LogP contribution in [0.4, 0.5) is 43.4 Å². The largest absolute Gasteiger partial charge is 0.457 e. The summed E-state index contributed by atoms with van der Waals surface area (Å²) in [6.45, 7) is 12.4. The third kappa shape index (κ3) is 7.69. The Kier molecular flexibility index (Phi) is 10.5. The van der Waals surface area contributed by atoms with E-state index < -0.39 is 40.2 Å². The van der Waals surface area contributed by atoms with Crippen molar-refractivity contribution in [3.8, 4) is 45.3 Å². The Balaban J connectivity index is 1.56. The fourth-order valence-electron chi connectivity index (χ4n) is 9.64. The second-order valence-corrected chi connectivity index (χ2v) is 18.6. The lowest BCUT2D eigenvalue weighted by Gasteiger charge is -2.43. The number of anilines is 3. The highest BCUT2D eigenvalue weighted by Crippen LogP contribution is 2.62. The number of para-hydroxylation sites is 6. The van der Waals surface area contributed by atoms with E-state index in [4.69, 9.17) is 9.47 Å². The topological polar surface area (TPSA) is 21.7 Å². The van der Waals surface area contributed by atoms with E-state index in [1.807, 2.05) is 102 Å². The van der Waals surface area contributed by atoms with Crippen LogP contribution in [-0.4, -0.2) is 0 Å². The van der Waals surface area contributed by atoms with Crippen molar-refractivity contribution in [1.82, 2.24) is 0 Å². The van der Waals surface area contributed by atoms with Gasteiger partial charge in [0.1, 0.15) is 11.5 Å². The molecule has 0 saturated heterocycles. The highest BCUT2D eigenvalue weighted by atomic mass is 19.4. The third-order valence-electron chi connectivity index (χ3n) is 12.2. The molecule has 7 aromatic carbocycles. The van der Waals surface area contributed by atoms with Crippen LogP contribution in [0.15, 0.2) is 146 Å². The Morgan fingerprint density at radius 1 is 0.484 bits per heavy atom. The van der Waals surface area contributed by atoms with E-state index in [1.54, 1.807) is 12.1 Å². The summed E-state index contributed by atoms with van der Waals surface area (Å²) in [7, 11) is 0. The number of ether oxygens (including phenoxy) is 2. The highest BCUT2D eigenvalue weighted by Gasteiger charge is 2.43. The second kappa shape index (κ2) is 15.6. The predicted molar refractivity (Wildman–Crippen MR) is 243 cm³/mol. The van der Waals surface area contributed by atoms with Gasteiger partial charge in [0, 0.05) is 22.6 Å². The molecule has 0 aliphatic carbocycles. The summed E-state index contributed by atoms with van der Waals surface area (Å²) >= 11 is 0. The zero-order valence-electron chi connectivity index (χ0n) is 36.4. The van der Waals surface area contributed by atoms with Gasteiger partial charge in [0.05, 0.1) is 28.2 Å². The lowest BCUT2D eigenvalue weighted by atomic mass is 9.64. The molecule has 0 spiro atoms. The first-order valence-corrected chi connectivity index (χ1v) is 21.4. The van der Waals surface area contributed by atoms with E-state index in [9.17, 15) is 26.3 Å². The number of nitrogens with zero attached hydrogens (tertiary/aromatic N) is 1. The van der Waals surface area contributed by atoms with Crippen LogP contribution in [0.1, 0.15) is 92.8 Å². The molecule has 326 valence electrons. The number of fused-ring (bicyclic) bond motifs is 4. The summed E-state index contributed by atoms with van der Waals surface area (Å²) in [5, 5.41) is 0. The van der Waals surface area contributed by atoms with Gasteiger partial charge < -0.3 is 14.4 Å². The summed E-state index contributed by atoms with van der Waals surface area (Å²) in [6.07, 6.45) is -8.24. The van der Waals surface area contributed by atoms with Crippen LogP contribution in [0.25, 0.3) is 22.3 Å². The van der Waals surface area contributed by atoms with Gasteiger partial charge in [-0.05, 0) is 118 Å². The van der Waals surface area contributed by atoms with Crippen molar-refractivity contribution in [1.29, 1.82) is 0 Å². The normalized spacial score (nSPS) is 15.1. The van der Waals surface area contributed by atoms with Crippen molar-refractivity contribution in [2.75, 3.05) is 4.90 Å². The molecule has 2 aliphatic heterocycles. The van der Waals surface area contributed by atoms with Gasteiger partial charge in [-0.2, -0.15) is 26.3 Å². The quantitative estimate of drug-likeness (QED) is 0.165. The van der Waals surface area contributed by atoms with Gasteiger partial charge in [-0.1, -0.05) is 126 Å². The molecule has 3 nitrogen and oxygen atoms in total. The van der Waals surface area contributed by atoms with Crippen molar-refractivity contribution in [2.24, 2.45) is 0 Å². The van der Waals surface area contributed by atoms with Crippen LogP contribution in [0, 0.1) is 0 Å². The van der Waals surface area contributed by atoms with Crippen LogP contribution in [0.3, 0.4) is 0 Å². The summed E-state index contributed by atoms with van der Waals surface area (Å²) < 4.78 is 103. The number of rotatable bonds is 4. The smallest absolute Gasteiger partial charge is 0.416 e. The number of aryl methyl sites for hydroxylation is 1. The second-order valence-electron chi connectivity index (χ2n) is 18.6. The maximum absolute atomic E-state index is 15.0. The summed E-state index contributed by atoms with van der Waals surface area (Å²) in [5.41, 5.74) is 4.10. The van der Waals surface area contributed by atoms with E-state index in [1.165, 1.54) is 24.3 Å². The molecule has 2 heterocycles. The molecule has 9 heteroatoms. The number of hydrogen-bond acceptors (Lipinski definition) is 3. The van der Waals surface area contributed by atoms with Crippen LogP contribution in [0.2, 0.25) is 0 Å². The van der Waals surface area contributed by atoms with Crippen molar-refractivity contribution >= 4 is 17.1 Å². The first-order valence-electron chi connectivity index (χ1n) is 21.4. The first-order chi connectivity index (χ1) is 30.3. The third-order valence-corrected chi connectivity index (χ3v) is 12.2. The van der Waals surface area contributed by atoms with E-state index in [0.29, 0.717) is 58.3 Å². The molecule has 0 aromatic heterocycles. The molecule has 0 saturated carbocycles. The number of hydrogen-bond donors (Lipinski definition) is 0. The van der Waals surface area contributed by atoms with Crippen LogP contribution >= 0.6 is 0 Å². The van der Waals surface area contributed by atoms with E-state index >= 15 is 0 Å². The van der Waals surface area contributed by atoms with Gasteiger partial charge in [-0.25, -0.2) is 0 Å². The molecule has 0 amide bonds. The molecule has 0 bridgehead atoms. The zero-order chi connectivity index (χ0) is 45.3.